The molecule has 4 nitrogen and oxygen atoms in total. The molecule has 2 N–H and O–H groups in total. The lowest BCUT2D eigenvalue weighted by Crippen LogP contribution is -2.38. The highest BCUT2D eigenvalue weighted by Crippen LogP contribution is 2.23. The van der Waals surface area contributed by atoms with Crippen molar-refractivity contribution in [2.24, 2.45) is 0 Å². The molecular weight excluding hydrogens is 240 g/mol. The number of nitrogens with zero attached hydrogens (tertiary/aromatic N) is 1. The topological polar surface area (TPSA) is 52.6 Å². The summed E-state index contributed by atoms with van der Waals surface area (Å²) in [5.41, 5.74) is 1.61. The van der Waals surface area contributed by atoms with Crippen molar-refractivity contribution in [3.8, 4) is 0 Å². The lowest BCUT2D eigenvalue weighted by molar-refractivity contribution is 0.199. The van der Waals surface area contributed by atoms with Gasteiger partial charge in [0, 0.05) is 18.8 Å². The van der Waals surface area contributed by atoms with Crippen LogP contribution in [0.3, 0.4) is 0 Å². The summed E-state index contributed by atoms with van der Waals surface area (Å²) in [4.78, 5) is 13.9. The Bertz CT molecular complexity index is 422. The number of rotatable bonds is 3. The molecule has 0 aliphatic heterocycles. The Morgan fingerprint density at radius 1 is 1.32 bits per heavy atom. The van der Waals surface area contributed by atoms with Gasteiger partial charge in [0.2, 0.25) is 0 Å². The minimum absolute atomic E-state index is 0.0586. The van der Waals surface area contributed by atoms with E-state index in [0.29, 0.717) is 6.04 Å². The van der Waals surface area contributed by atoms with E-state index >= 15 is 0 Å². The fourth-order valence-corrected chi connectivity index (χ4v) is 2.51. The van der Waals surface area contributed by atoms with Crippen molar-refractivity contribution in [3.63, 3.8) is 0 Å². The van der Waals surface area contributed by atoms with Crippen LogP contribution in [0.1, 0.15) is 44.3 Å². The number of carbonyl (C=O) groups excluding carboxylic acids is 1. The van der Waals surface area contributed by atoms with Gasteiger partial charge < -0.3 is 15.3 Å². The second-order valence-corrected chi connectivity index (χ2v) is 5.28. The van der Waals surface area contributed by atoms with Crippen LogP contribution in [-0.4, -0.2) is 29.1 Å². The monoisotopic (exact) mass is 262 g/mol. The summed E-state index contributed by atoms with van der Waals surface area (Å²) in [6, 6.07) is 7.62. The van der Waals surface area contributed by atoms with Gasteiger partial charge >= 0.3 is 6.03 Å². The van der Waals surface area contributed by atoms with Gasteiger partial charge in [-0.25, -0.2) is 4.79 Å². The van der Waals surface area contributed by atoms with Crippen molar-refractivity contribution >= 4 is 11.7 Å². The highest BCUT2D eigenvalue weighted by atomic mass is 16.3. The largest absolute Gasteiger partial charge is 0.389 e. The van der Waals surface area contributed by atoms with Crippen molar-refractivity contribution in [1.29, 1.82) is 0 Å². The second kappa shape index (κ2) is 6.06. The Hall–Kier alpha value is -1.55. The van der Waals surface area contributed by atoms with Gasteiger partial charge in [0.15, 0.2) is 0 Å². The van der Waals surface area contributed by atoms with Gasteiger partial charge in [-0.05, 0) is 37.5 Å². The second-order valence-electron chi connectivity index (χ2n) is 5.28. The summed E-state index contributed by atoms with van der Waals surface area (Å²) in [6.07, 6.45) is 4.15. The number of anilines is 1. The SMILES string of the molecule is CC(O)c1ccc(NC(=O)N(C)C2CCCC2)cc1. The van der Waals surface area contributed by atoms with Crippen molar-refractivity contribution in [2.75, 3.05) is 12.4 Å². The maximum atomic E-state index is 12.1. The van der Waals surface area contributed by atoms with Gasteiger partial charge in [0.05, 0.1) is 6.10 Å². The molecule has 0 aromatic heterocycles. The normalized spacial score (nSPS) is 17.2. The number of aliphatic hydroxyl groups is 1. The van der Waals surface area contributed by atoms with Crippen LogP contribution in [0.2, 0.25) is 0 Å². The number of aliphatic hydroxyl groups excluding tert-OH is 1. The first-order chi connectivity index (χ1) is 9.08. The highest BCUT2D eigenvalue weighted by molar-refractivity contribution is 5.89. The Morgan fingerprint density at radius 2 is 1.89 bits per heavy atom. The molecule has 0 heterocycles. The first-order valence-electron chi connectivity index (χ1n) is 6.90. The van der Waals surface area contributed by atoms with Crippen molar-refractivity contribution < 1.29 is 9.90 Å². The van der Waals surface area contributed by atoms with E-state index in [1.807, 2.05) is 31.3 Å². The molecule has 2 rings (SSSR count). The Labute approximate surface area is 114 Å². The van der Waals surface area contributed by atoms with E-state index in [-0.39, 0.29) is 6.03 Å². The smallest absolute Gasteiger partial charge is 0.321 e. The number of amides is 2. The van der Waals surface area contributed by atoms with Crippen LogP contribution >= 0.6 is 0 Å². The highest BCUT2D eigenvalue weighted by Gasteiger charge is 2.23. The summed E-state index contributed by atoms with van der Waals surface area (Å²) in [5, 5.41) is 12.3. The van der Waals surface area contributed by atoms with E-state index in [0.717, 1.165) is 24.1 Å². The molecule has 1 unspecified atom stereocenters. The van der Waals surface area contributed by atoms with Crippen LogP contribution in [0.4, 0.5) is 10.5 Å². The molecule has 104 valence electrons. The average molecular weight is 262 g/mol. The molecule has 1 fully saturated rings. The molecule has 2 amide bonds. The molecule has 0 saturated heterocycles. The van der Waals surface area contributed by atoms with Crippen molar-refractivity contribution in [3.05, 3.63) is 29.8 Å². The third kappa shape index (κ3) is 3.47. The van der Waals surface area contributed by atoms with Gasteiger partial charge in [-0.1, -0.05) is 25.0 Å². The van der Waals surface area contributed by atoms with E-state index in [9.17, 15) is 9.90 Å². The Balaban J connectivity index is 1.94. The van der Waals surface area contributed by atoms with Gasteiger partial charge in [-0.2, -0.15) is 0 Å². The van der Waals surface area contributed by atoms with Crippen molar-refractivity contribution in [1.82, 2.24) is 4.90 Å². The maximum absolute atomic E-state index is 12.1. The zero-order valence-electron chi connectivity index (χ0n) is 11.6. The average Bonchev–Trinajstić information content (AvgIpc) is 2.92. The minimum atomic E-state index is -0.481. The molecule has 0 spiro atoms. The van der Waals surface area contributed by atoms with Crippen LogP contribution in [-0.2, 0) is 0 Å². The minimum Gasteiger partial charge on any atom is -0.389 e. The van der Waals surface area contributed by atoms with Gasteiger partial charge in [-0.15, -0.1) is 0 Å². The lowest BCUT2D eigenvalue weighted by Gasteiger charge is -2.24. The number of carbonyl (C=O) groups is 1. The molecular formula is C15H22N2O2. The number of hydrogen-bond acceptors (Lipinski definition) is 2. The van der Waals surface area contributed by atoms with Crippen LogP contribution in [0.5, 0.6) is 0 Å². The molecule has 0 radical (unpaired) electrons. The number of urea groups is 1. The van der Waals surface area contributed by atoms with E-state index in [1.165, 1.54) is 12.8 Å². The molecule has 19 heavy (non-hydrogen) atoms. The first-order valence-corrected chi connectivity index (χ1v) is 6.90. The van der Waals surface area contributed by atoms with Crippen LogP contribution in [0.15, 0.2) is 24.3 Å². The molecule has 0 bridgehead atoms. The Kier molecular flexibility index (Phi) is 4.43. The van der Waals surface area contributed by atoms with E-state index in [1.54, 1.807) is 11.8 Å². The zero-order valence-corrected chi connectivity index (χ0v) is 11.6. The summed E-state index contributed by atoms with van der Waals surface area (Å²) >= 11 is 0. The van der Waals surface area contributed by atoms with Gasteiger partial charge in [0.1, 0.15) is 0 Å². The van der Waals surface area contributed by atoms with Crippen molar-refractivity contribution in [2.45, 2.75) is 44.8 Å². The number of benzene rings is 1. The number of hydrogen-bond donors (Lipinski definition) is 2. The quantitative estimate of drug-likeness (QED) is 0.879. The molecule has 1 atom stereocenters. The first kappa shape index (κ1) is 13.9. The standard InChI is InChI=1S/C15H22N2O2/c1-11(18)12-7-9-13(10-8-12)16-15(19)17(2)14-5-3-4-6-14/h7-11,14,18H,3-6H2,1-2H3,(H,16,19). The predicted octanol–water partition coefficient (Wildman–Crippen LogP) is 3.15. The van der Waals surface area contributed by atoms with Gasteiger partial charge in [-0.3, -0.25) is 0 Å². The zero-order chi connectivity index (χ0) is 13.8. The van der Waals surface area contributed by atoms with Crippen LogP contribution in [0.25, 0.3) is 0 Å². The van der Waals surface area contributed by atoms with Crippen LogP contribution < -0.4 is 5.32 Å². The molecule has 1 aliphatic carbocycles. The molecule has 1 saturated carbocycles. The predicted molar refractivity (Wildman–Crippen MR) is 76.1 cm³/mol. The fraction of sp³-hybridized carbons (Fsp3) is 0.533. The molecule has 1 aromatic rings. The number of nitrogens with one attached hydrogen (secondary N) is 1. The fourth-order valence-electron chi connectivity index (χ4n) is 2.51. The van der Waals surface area contributed by atoms with E-state index < -0.39 is 6.10 Å². The van der Waals surface area contributed by atoms with E-state index in [4.69, 9.17) is 0 Å². The lowest BCUT2D eigenvalue weighted by atomic mass is 10.1. The Morgan fingerprint density at radius 3 is 2.42 bits per heavy atom. The summed E-state index contributed by atoms with van der Waals surface area (Å²) < 4.78 is 0. The van der Waals surface area contributed by atoms with Gasteiger partial charge in [0.25, 0.3) is 0 Å². The summed E-state index contributed by atoms with van der Waals surface area (Å²) in [5.74, 6) is 0. The molecule has 1 aromatic carbocycles. The third-order valence-electron chi connectivity index (χ3n) is 3.84. The summed E-state index contributed by atoms with van der Waals surface area (Å²) in [6.45, 7) is 1.72. The molecule has 1 aliphatic rings. The van der Waals surface area contributed by atoms with E-state index in [2.05, 4.69) is 5.32 Å². The molecule has 4 heteroatoms. The maximum Gasteiger partial charge on any atom is 0.321 e. The van der Waals surface area contributed by atoms with Crippen LogP contribution in [0, 0.1) is 0 Å². The summed E-state index contributed by atoms with van der Waals surface area (Å²) in [7, 11) is 1.86. The third-order valence-corrected chi connectivity index (χ3v) is 3.84.